The molecule has 0 aliphatic heterocycles. The SMILES string of the molecule is CCN(CCS(=O)(=O)C(C)C)C1(CN)CCC(C)CC1. The van der Waals surface area contributed by atoms with Crippen LogP contribution in [0.2, 0.25) is 0 Å². The van der Waals surface area contributed by atoms with Crippen molar-refractivity contribution in [3.63, 3.8) is 0 Å². The molecule has 1 saturated carbocycles. The predicted octanol–water partition coefficient (Wildman–Crippen LogP) is 2.04. The average molecular weight is 305 g/mol. The molecule has 120 valence electrons. The molecule has 0 radical (unpaired) electrons. The largest absolute Gasteiger partial charge is 0.329 e. The molecule has 0 aromatic carbocycles. The third-order valence-electron chi connectivity index (χ3n) is 5.00. The van der Waals surface area contributed by atoms with Gasteiger partial charge in [0.05, 0.1) is 11.0 Å². The lowest BCUT2D eigenvalue weighted by molar-refractivity contribution is 0.0544. The molecule has 4 nitrogen and oxygen atoms in total. The summed E-state index contributed by atoms with van der Waals surface area (Å²) >= 11 is 0. The summed E-state index contributed by atoms with van der Waals surface area (Å²) < 4.78 is 24.0. The average Bonchev–Trinajstić information content (AvgIpc) is 2.41. The molecule has 1 aliphatic rings. The summed E-state index contributed by atoms with van der Waals surface area (Å²) in [5, 5.41) is -0.290. The molecule has 2 N–H and O–H groups in total. The Bertz CT molecular complexity index is 385. The van der Waals surface area contributed by atoms with Gasteiger partial charge in [-0.3, -0.25) is 4.90 Å². The molecule has 1 rings (SSSR count). The van der Waals surface area contributed by atoms with E-state index in [-0.39, 0.29) is 16.5 Å². The molecule has 20 heavy (non-hydrogen) atoms. The van der Waals surface area contributed by atoms with Gasteiger partial charge in [-0.1, -0.05) is 13.8 Å². The molecule has 0 amide bonds. The van der Waals surface area contributed by atoms with E-state index in [0.29, 0.717) is 13.1 Å². The van der Waals surface area contributed by atoms with Gasteiger partial charge in [0.15, 0.2) is 9.84 Å². The summed E-state index contributed by atoms with van der Waals surface area (Å²) in [7, 11) is -2.97. The van der Waals surface area contributed by atoms with Gasteiger partial charge in [-0.25, -0.2) is 8.42 Å². The first-order valence-electron chi connectivity index (χ1n) is 7.94. The van der Waals surface area contributed by atoms with E-state index in [1.165, 1.54) is 12.8 Å². The number of hydrogen-bond acceptors (Lipinski definition) is 4. The van der Waals surface area contributed by atoms with Crippen molar-refractivity contribution < 1.29 is 8.42 Å². The number of likely N-dealkylation sites (N-methyl/N-ethyl adjacent to an activating group) is 1. The lowest BCUT2D eigenvalue weighted by atomic mass is 9.76. The number of hydrogen-bond donors (Lipinski definition) is 1. The van der Waals surface area contributed by atoms with E-state index in [4.69, 9.17) is 5.73 Å². The highest BCUT2D eigenvalue weighted by Crippen LogP contribution is 2.35. The van der Waals surface area contributed by atoms with E-state index in [1.807, 2.05) is 0 Å². The van der Waals surface area contributed by atoms with E-state index in [0.717, 1.165) is 25.3 Å². The minimum atomic E-state index is -2.97. The van der Waals surface area contributed by atoms with Gasteiger partial charge in [-0.15, -0.1) is 0 Å². The van der Waals surface area contributed by atoms with Crippen molar-refractivity contribution in [2.75, 3.05) is 25.4 Å². The van der Waals surface area contributed by atoms with E-state index in [9.17, 15) is 8.42 Å². The summed E-state index contributed by atoms with van der Waals surface area (Å²) in [4.78, 5) is 2.32. The first kappa shape index (κ1) is 17.9. The first-order valence-corrected chi connectivity index (χ1v) is 9.65. The Morgan fingerprint density at radius 3 is 2.25 bits per heavy atom. The van der Waals surface area contributed by atoms with Crippen molar-refractivity contribution in [3.8, 4) is 0 Å². The Kier molecular flexibility index (Phi) is 6.48. The zero-order valence-electron chi connectivity index (χ0n) is 13.6. The van der Waals surface area contributed by atoms with Crippen LogP contribution < -0.4 is 5.73 Å². The Morgan fingerprint density at radius 1 is 1.30 bits per heavy atom. The Morgan fingerprint density at radius 2 is 1.85 bits per heavy atom. The fourth-order valence-corrected chi connectivity index (χ4v) is 4.10. The summed E-state index contributed by atoms with van der Waals surface area (Å²) in [6, 6.07) is 0. The molecule has 1 aliphatic carbocycles. The number of nitrogens with zero attached hydrogens (tertiary/aromatic N) is 1. The van der Waals surface area contributed by atoms with Crippen LogP contribution in [0.1, 0.15) is 53.4 Å². The number of rotatable bonds is 7. The highest BCUT2D eigenvalue weighted by atomic mass is 32.2. The Labute approximate surface area is 125 Å². The summed E-state index contributed by atoms with van der Waals surface area (Å²) in [6.45, 7) is 10.0. The summed E-state index contributed by atoms with van der Waals surface area (Å²) in [6.07, 6.45) is 4.59. The summed E-state index contributed by atoms with van der Waals surface area (Å²) in [5.41, 5.74) is 6.09. The molecule has 0 heterocycles. The fraction of sp³-hybridized carbons (Fsp3) is 1.00. The minimum absolute atomic E-state index is 0.0216. The van der Waals surface area contributed by atoms with Gasteiger partial charge in [0.1, 0.15) is 0 Å². The molecule has 0 spiro atoms. The zero-order valence-corrected chi connectivity index (χ0v) is 14.4. The highest BCUT2D eigenvalue weighted by Gasteiger charge is 2.38. The van der Waals surface area contributed by atoms with E-state index >= 15 is 0 Å². The molecule has 0 aromatic rings. The fourth-order valence-electron chi connectivity index (χ4n) is 3.15. The maximum atomic E-state index is 12.0. The monoisotopic (exact) mass is 304 g/mol. The van der Waals surface area contributed by atoms with Crippen molar-refractivity contribution in [1.82, 2.24) is 4.90 Å². The van der Waals surface area contributed by atoms with Crippen LogP contribution in [0, 0.1) is 5.92 Å². The first-order chi connectivity index (χ1) is 9.27. The van der Waals surface area contributed by atoms with Gasteiger partial charge in [-0.05, 0) is 52.0 Å². The van der Waals surface area contributed by atoms with Gasteiger partial charge >= 0.3 is 0 Å². The van der Waals surface area contributed by atoms with Crippen molar-refractivity contribution in [3.05, 3.63) is 0 Å². The van der Waals surface area contributed by atoms with E-state index < -0.39 is 9.84 Å². The lowest BCUT2D eigenvalue weighted by Crippen LogP contribution is -2.56. The predicted molar refractivity (Wildman–Crippen MR) is 85.6 cm³/mol. The Balaban J connectivity index is 2.73. The maximum Gasteiger partial charge on any atom is 0.153 e. The van der Waals surface area contributed by atoms with E-state index in [2.05, 4.69) is 18.7 Å². The number of nitrogens with two attached hydrogens (primary N) is 1. The number of sulfone groups is 1. The third kappa shape index (κ3) is 4.18. The second kappa shape index (κ2) is 7.23. The molecular formula is C15H32N2O2S. The topological polar surface area (TPSA) is 63.4 Å². The molecule has 0 aromatic heterocycles. The molecule has 0 atom stereocenters. The van der Waals surface area contributed by atoms with Gasteiger partial charge in [-0.2, -0.15) is 0 Å². The van der Waals surface area contributed by atoms with Gasteiger partial charge in [0, 0.05) is 18.6 Å². The Hall–Kier alpha value is -0.130. The van der Waals surface area contributed by atoms with Gasteiger partial charge in [0.25, 0.3) is 0 Å². The minimum Gasteiger partial charge on any atom is -0.329 e. The van der Waals surface area contributed by atoms with Crippen LogP contribution in [0.25, 0.3) is 0 Å². The molecule has 0 saturated heterocycles. The van der Waals surface area contributed by atoms with Crippen molar-refractivity contribution in [1.29, 1.82) is 0 Å². The van der Waals surface area contributed by atoms with Crippen LogP contribution >= 0.6 is 0 Å². The quantitative estimate of drug-likeness (QED) is 0.782. The van der Waals surface area contributed by atoms with Crippen LogP contribution in [0.4, 0.5) is 0 Å². The molecule has 1 fully saturated rings. The van der Waals surface area contributed by atoms with Crippen LogP contribution in [-0.4, -0.2) is 49.5 Å². The standard InChI is InChI=1S/C15H32N2O2S/c1-5-17(10-11-20(18,19)13(2)3)15(12-16)8-6-14(4)7-9-15/h13-14H,5-12,16H2,1-4H3. The third-order valence-corrected chi connectivity index (χ3v) is 7.19. The summed E-state index contributed by atoms with van der Waals surface area (Å²) in [5.74, 6) is 1.02. The maximum absolute atomic E-state index is 12.0. The zero-order chi connectivity index (χ0) is 15.4. The van der Waals surface area contributed by atoms with Crippen molar-refractivity contribution in [2.45, 2.75) is 64.2 Å². The lowest BCUT2D eigenvalue weighted by Gasteiger charge is -2.47. The molecule has 0 unspecified atom stereocenters. The van der Waals surface area contributed by atoms with Crippen LogP contribution in [0.15, 0.2) is 0 Å². The van der Waals surface area contributed by atoms with Crippen molar-refractivity contribution >= 4 is 9.84 Å². The normalized spacial score (nSPS) is 28.2. The van der Waals surface area contributed by atoms with Gasteiger partial charge < -0.3 is 5.73 Å². The smallest absolute Gasteiger partial charge is 0.153 e. The molecular weight excluding hydrogens is 272 g/mol. The van der Waals surface area contributed by atoms with Crippen molar-refractivity contribution in [2.24, 2.45) is 11.7 Å². The second-order valence-corrected chi connectivity index (χ2v) is 9.28. The second-order valence-electron chi connectivity index (χ2n) is 6.61. The van der Waals surface area contributed by atoms with Crippen LogP contribution in [-0.2, 0) is 9.84 Å². The van der Waals surface area contributed by atoms with Crippen LogP contribution in [0.5, 0.6) is 0 Å². The van der Waals surface area contributed by atoms with E-state index in [1.54, 1.807) is 13.8 Å². The van der Waals surface area contributed by atoms with Gasteiger partial charge in [0.2, 0.25) is 0 Å². The molecule has 5 heteroatoms. The van der Waals surface area contributed by atoms with Crippen LogP contribution in [0.3, 0.4) is 0 Å². The highest BCUT2D eigenvalue weighted by molar-refractivity contribution is 7.92. The molecule has 0 bridgehead atoms.